The topological polar surface area (TPSA) is 72.6 Å². The molecule has 0 radical (unpaired) electrons. The third-order valence-electron chi connectivity index (χ3n) is 7.35. The van der Waals surface area contributed by atoms with Gasteiger partial charge in [0.15, 0.2) is 0 Å². The smallest absolute Gasteiger partial charge is 0.270 e. The van der Waals surface area contributed by atoms with E-state index in [1.807, 2.05) is 30.3 Å². The third kappa shape index (κ3) is 5.40. The quantitative estimate of drug-likeness (QED) is 0.318. The van der Waals surface area contributed by atoms with E-state index in [4.69, 9.17) is 12.2 Å². The molecule has 10 heteroatoms. The van der Waals surface area contributed by atoms with Gasteiger partial charge in [0, 0.05) is 51.0 Å². The Labute approximate surface area is 242 Å². The monoisotopic (exact) mass is 573 g/mol. The van der Waals surface area contributed by atoms with Gasteiger partial charge < -0.3 is 9.80 Å². The third-order valence-corrected chi connectivity index (χ3v) is 8.73. The summed E-state index contributed by atoms with van der Waals surface area (Å²) in [5, 5.41) is 9.77. The van der Waals surface area contributed by atoms with Crippen molar-refractivity contribution in [3.05, 3.63) is 97.9 Å². The number of anilines is 2. The first kappa shape index (κ1) is 27.6. The summed E-state index contributed by atoms with van der Waals surface area (Å²) in [6.07, 6.45) is 2.46. The summed E-state index contributed by atoms with van der Waals surface area (Å²) in [4.78, 5) is 32.9. The molecule has 0 unspecified atom stereocenters. The molecule has 3 heterocycles. The predicted octanol–water partition coefficient (Wildman–Crippen LogP) is 4.48. The van der Waals surface area contributed by atoms with E-state index in [2.05, 4.69) is 15.9 Å². The highest BCUT2D eigenvalue weighted by atomic mass is 32.2. The number of pyridine rings is 1. The summed E-state index contributed by atoms with van der Waals surface area (Å²) in [7, 11) is 1.66. The molecule has 204 valence electrons. The molecule has 1 amide bonds. The lowest BCUT2D eigenvalue weighted by atomic mass is 10.0. The number of thioether (sulfide) groups is 1. The minimum absolute atomic E-state index is 0.0574. The number of thiocarbonyl (C=S) groups is 1. The molecule has 0 bridgehead atoms. The van der Waals surface area contributed by atoms with Crippen molar-refractivity contribution in [2.75, 3.05) is 42.5 Å². The van der Waals surface area contributed by atoms with Crippen LogP contribution < -0.4 is 15.4 Å². The van der Waals surface area contributed by atoms with Crippen LogP contribution in [0, 0.1) is 24.1 Å². The fraction of sp³-hybridized carbons (Fsp3) is 0.267. The highest BCUT2D eigenvalue weighted by molar-refractivity contribution is 8.26. The Hall–Kier alpha value is -3.94. The second kappa shape index (κ2) is 11.7. The van der Waals surface area contributed by atoms with Gasteiger partial charge in [-0.1, -0.05) is 54.3 Å². The van der Waals surface area contributed by atoms with Crippen molar-refractivity contribution in [1.29, 1.82) is 5.26 Å². The van der Waals surface area contributed by atoms with Gasteiger partial charge in [-0.2, -0.15) is 5.26 Å². The molecular formula is C30H28FN5O2S2. The van der Waals surface area contributed by atoms with Gasteiger partial charge in [0.1, 0.15) is 27.6 Å². The summed E-state index contributed by atoms with van der Waals surface area (Å²) >= 11 is 6.80. The Bertz CT molecular complexity index is 1590. The molecule has 2 aliphatic heterocycles. The maximum Gasteiger partial charge on any atom is 0.270 e. The van der Waals surface area contributed by atoms with Crippen LogP contribution in [-0.2, 0) is 18.3 Å². The van der Waals surface area contributed by atoms with E-state index < -0.39 is 0 Å². The molecule has 0 saturated carbocycles. The maximum absolute atomic E-state index is 13.4. The first-order valence-corrected chi connectivity index (χ1v) is 14.2. The van der Waals surface area contributed by atoms with Crippen LogP contribution in [0.5, 0.6) is 0 Å². The predicted molar refractivity (Wildman–Crippen MR) is 162 cm³/mol. The van der Waals surface area contributed by atoms with E-state index in [9.17, 15) is 19.2 Å². The standard InChI is InChI=1S/C30H28FN5O2S2/c1-20-24(18-26-29(38)36(30(39)40-26)13-12-21-6-4-3-5-7-21)27(33(2)28(37)25(20)19-32)35-16-14-34(15-17-35)23-10-8-22(31)9-11-23/h3-11,18H,12-17H2,1-2H3/b26-18-. The zero-order valence-electron chi connectivity index (χ0n) is 22.3. The average molecular weight is 574 g/mol. The summed E-state index contributed by atoms with van der Waals surface area (Å²) < 4.78 is 15.4. The van der Waals surface area contributed by atoms with Crippen LogP contribution in [0.1, 0.15) is 22.3 Å². The van der Waals surface area contributed by atoms with E-state index in [-0.39, 0.29) is 22.8 Å². The molecule has 5 rings (SSSR count). The number of carbonyl (C=O) groups excluding carboxylic acids is 1. The van der Waals surface area contributed by atoms with Crippen LogP contribution in [-0.4, -0.2) is 52.4 Å². The molecule has 2 aliphatic rings. The molecule has 2 fully saturated rings. The first-order chi connectivity index (χ1) is 19.3. The van der Waals surface area contributed by atoms with Crippen LogP contribution in [0.15, 0.2) is 64.3 Å². The van der Waals surface area contributed by atoms with Crippen LogP contribution >= 0.6 is 24.0 Å². The van der Waals surface area contributed by atoms with Gasteiger partial charge in [0.2, 0.25) is 0 Å². The second-order valence-electron chi connectivity index (χ2n) is 9.73. The lowest BCUT2D eigenvalue weighted by Gasteiger charge is -2.38. The normalized spacial score (nSPS) is 16.6. The SMILES string of the molecule is Cc1c(/C=C2\SC(=S)N(CCc3ccccc3)C2=O)c(N2CCN(c3ccc(F)cc3)CC2)n(C)c(=O)c1C#N. The Kier molecular flexibility index (Phi) is 8.05. The number of halogens is 1. The van der Waals surface area contributed by atoms with Crippen LogP contribution in [0.3, 0.4) is 0 Å². The average Bonchev–Trinajstić information content (AvgIpc) is 3.23. The van der Waals surface area contributed by atoms with Gasteiger partial charge in [0.05, 0.1) is 4.91 Å². The zero-order chi connectivity index (χ0) is 28.4. The van der Waals surface area contributed by atoms with Crippen molar-refractivity contribution in [2.24, 2.45) is 7.05 Å². The first-order valence-electron chi connectivity index (χ1n) is 13.0. The number of piperazine rings is 1. The van der Waals surface area contributed by atoms with Crippen LogP contribution in [0.25, 0.3) is 6.08 Å². The number of nitrogens with zero attached hydrogens (tertiary/aromatic N) is 5. The van der Waals surface area contributed by atoms with Gasteiger partial charge in [0.25, 0.3) is 11.5 Å². The molecule has 0 spiro atoms. The van der Waals surface area contributed by atoms with E-state index in [0.717, 1.165) is 11.3 Å². The molecule has 3 aromatic rings. The number of aromatic nitrogens is 1. The summed E-state index contributed by atoms with van der Waals surface area (Å²) in [6, 6.07) is 18.4. The molecule has 0 aliphatic carbocycles. The fourth-order valence-corrected chi connectivity index (χ4v) is 6.42. The lowest BCUT2D eigenvalue weighted by Crippen LogP contribution is -2.48. The summed E-state index contributed by atoms with van der Waals surface area (Å²) in [6.45, 7) is 4.77. The van der Waals surface area contributed by atoms with Gasteiger partial charge in [-0.3, -0.25) is 19.1 Å². The maximum atomic E-state index is 13.4. The van der Waals surface area contributed by atoms with E-state index >= 15 is 0 Å². The van der Waals surface area contributed by atoms with Crippen LogP contribution in [0.2, 0.25) is 0 Å². The number of benzene rings is 2. The lowest BCUT2D eigenvalue weighted by molar-refractivity contribution is -0.122. The number of hydrogen-bond donors (Lipinski definition) is 0. The molecule has 40 heavy (non-hydrogen) atoms. The minimum atomic E-state index is -0.372. The van der Waals surface area contributed by atoms with Crippen molar-refractivity contribution in [1.82, 2.24) is 9.47 Å². The van der Waals surface area contributed by atoms with Crippen molar-refractivity contribution in [2.45, 2.75) is 13.3 Å². The van der Waals surface area contributed by atoms with E-state index in [0.29, 0.717) is 65.3 Å². The van der Waals surface area contributed by atoms with Crippen molar-refractivity contribution < 1.29 is 9.18 Å². The van der Waals surface area contributed by atoms with Crippen molar-refractivity contribution in [3.63, 3.8) is 0 Å². The van der Waals surface area contributed by atoms with Crippen molar-refractivity contribution in [3.8, 4) is 6.07 Å². The highest BCUT2D eigenvalue weighted by Gasteiger charge is 2.33. The molecule has 0 atom stereocenters. The summed E-state index contributed by atoms with van der Waals surface area (Å²) in [5.41, 5.74) is 2.94. The van der Waals surface area contributed by atoms with Gasteiger partial charge in [-0.25, -0.2) is 4.39 Å². The molecular weight excluding hydrogens is 545 g/mol. The molecule has 7 nitrogen and oxygen atoms in total. The highest BCUT2D eigenvalue weighted by Crippen LogP contribution is 2.36. The Balaban J connectivity index is 1.45. The Morgan fingerprint density at radius 1 is 1.02 bits per heavy atom. The molecule has 2 aromatic carbocycles. The molecule has 0 N–H and O–H groups in total. The van der Waals surface area contributed by atoms with Gasteiger partial charge in [-0.05, 0) is 54.8 Å². The van der Waals surface area contributed by atoms with Gasteiger partial charge in [-0.15, -0.1) is 0 Å². The zero-order valence-corrected chi connectivity index (χ0v) is 23.9. The largest absolute Gasteiger partial charge is 0.368 e. The Morgan fingerprint density at radius 3 is 2.33 bits per heavy atom. The van der Waals surface area contributed by atoms with E-state index in [1.54, 1.807) is 37.1 Å². The van der Waals surface area contributed by atoms with E-state index in [1.165, 1.54) is 28.5 Å². The number of nitriles is 1. The Morgan fingerprint density at radius 2 is 1.68 bits per heavy atom. The molecule has 1 aromatic heterocycles. The number of hydrogen-bond acceptors (Lipinski definition) is 7. The van der Waals surface area contributed by atoms with Crippen molar-refractivity contribution >= 4 is 51.8 Å². The molecule has 2 saturated heterocycles. The second-order valence-corrected chi connectivity index (χ2v) is 11.4. The minimum Gasteiger partial charge on any atom is -0.368 e. The number of rotatable bonds is 6. The van der Waals surface area contributed by atoms with Crippen LogP contribution in [0.4, 0.5) is 15.9 Å². The van der Waals surface area contributed by atoms with Gasteiger partial charge >= 0.3 is 0 Å². The fourth-order valence-electron chi connectivity index (χ4n) is 5.13. The summed E-state index contributed by atoms with van der Waals surface area (Å²) in [5.74, 6) is 0.208. The number of carbonyl (C=O) groups is 1. The number of amides is 1.